The summed E-state index contributed by atoms with van der Waals surface area (Å²) in [5.74, 6) is -3.09. The van der Waals surface area contributed by atoms with Gasteiger partial charge in [0.1, 0.15) is 53.5 Å². The molecule has 8 rings (SSSR count). The van der Waals surface area contributed by atoms with Crippen molar-refractivity contribution in [3.63, 3.8) is 0 Å². The Bertz CT molecular complexity index is 1050. The molecule has 0 unspecified atom stereocenters. The quantitative estimate of drug-likeness (QED) is 0.247. The summed E-state index contributed by atoms with van der Waals surface area (Å²) in [6.07, 6.45) is -8.19. The van der Waals surface area contributed by atoms with Crippen LogP contribution in [0.5, 0.6) is 5.75 Å². The summed E-state index contributed by atoms with van der Waals surface area (Å²) in [7, 11) is 0. The Hall–Kier alpha value is -1.87. The maximum absolute atomic E-state index is 12.8. The van der Waals surface area contributed by atoms with Gasteiger partial charge in [0.15, 0.2) is 18.4 Å². The van der Waals surface area contributed by atoms with E-state index in [9.17, 15) is 35.4 Å². The van der Waals surface area contributed by atoms with Crippen molar-refractivity contribution in [2.24, 2.45) is 11.3 Å². The molecular weight excluding hydrogens is 468 g/mol. The van der Waals surface area contributed by atoms with Crippen LogP contribution in [0.4, 0.5) is 0 Å². The van der Waals surface area contributed by atoms with E-state index >= 15 is 0 Å². The minimum atomic E-state index is -1.65. The average Bonchev–Trinajstić information content (AvgIpc) is 3.00. The molecule has 7 aliphatic rings. The standard InChI is InChI=1S/C23H28O12/c1-20-8-22(30)13-6-23(20,33-18-16(28)15(27)14(26)12(7-24)32-18)21(13,19(34-20)35-22)9-31-17(29)10-4-2-3-5-11(10)25/h2-5,12-16,18-19,24-28,30H,6-9H2,1H3/t12-,13-,14-,15+,16-,18+,19-,20+,21+,22-,23+/m1/s1. The normalized spacial score (nSPS) is 51.3. The maximum atomic E-state index is 12.8. The number of benzene rings is 1. The molecule has 0 radical (unpaired) electrons. The van der Waals surface area contributed by atoms with Gasteiger partial charge in [0.25, 0.3) is 0 Å². The fourth-order valence-corrected chi connectivity index (χ4v) is 6.94. The third-order valence-corrected chi connectivity index (χ3v) is 8.69. The molecule has 1 aromatic carbocycles. The predicted octanol–water partition coefficient (Wildman–Crippen LogP) is -1.65. The van der Waals surface area contributed by atoms with E-state index < -0.39 is 77.9 Å². The van der Waals surface area contributed by atoms with Crippen LogP contribution >= 0.6 is 0 Å². The highest BCUT2D eigenvalue weighted by atomic mass is 16.8. The molecule has 0 aromatic heterocycles. The summed E-state index contributed by atoms with van der Waals surface area (Å²) in [6.45, 7) is 0.813. The monoisotopic (exact) mass is 496 g/mol. The maximum Gasteiger partial charge on any atom is 0.341 e. The Balaban J connectivity index is 1.32. The largest absolute Gasteiger partial charge is 0.507 e. The number of carbonyl (C=O) groups is 1. The van der Waals surface area contributed by atoms with E-state index in [1.54, 1.807) is 19.1 Å². The lowest BCUT2D eigenvalue weighted by Gasteiger charge is -2.67. The summed E-state index contributed by atoms with van der Waals surface area (Å²) in [5, 5.41) is 61.7. The van der Waals surface area contributed by atoms with Crippen molar-refractivity contribution < 1.29 is 59.1 Å². The average molecular weight is 496 g/mol. The van der Waals surface area contributed by atoms with E-state index in [1.165, 1.54) is 12.1 Å². The number of hydrogen-bond donors (Lipinski definition) is 6. The first-order chi connectivity index (χ1) is 16.5. The molecule has 3 saturated carbocycles. The van der Waals surface area contributed by atoms with Gasteiger partial charge in [-0.25, -0.2) is 4.79 Å². The number of carbonyl (C=O) groups excluding carboxylic acids is 1. The number of aliphatic hydroxyl groups excluding tert-OH is 4. The number of esters is 1. The van der Waals surface area contributed by atoms with E-state index in [0.717, 1.165) is 0 Å². The van der Waals surface area contributed by atoms with Crippen LogP contribution in [-0.2, 0) is 23.7 Å². The molecule has 35 heavy (non-hydrogen) atoms. The lowest BCUT2D eigenvalue weighted by Crippen LogP contribution is -2.80. The summed E-state index contributed by atoms with van der Waals surface area (Å²) in [5.41, 5.74) is -3.59. The Morgan fingerprint density at radius 1 is 1.14 bits per heavy atom. The van der Waals surface area contributed by atoms with Gasteiger partial charge in [0.05, 0.1) is 12.0 Å². The molecule has 0 amide bonds. The van der Waals surface area contributed by atoms with Crippen molar-refractivity contribution in [1.82, 2.24) is 0 Å². The van der Waals surface area contributed by atoms with Gasteiger partial charge in [0, 0.05) is 12.3 Å². The Labute approximate surface area is 199 Å². The van der Waals surface area contributed by atoms with E-state index in [0.29, 0.717) is 0 Å². The van der Waals surface area contributed by atoms with Crippen LogP contribution in [0, 0.1) is 11.3 Å². The molecule has 6 bridgehead atoms. The van der Waals surface area contributed by atoms with Crippen molar-refractivity contribution in [3.05, 3.63) is 29.8 Å². The molecule has 7 fully saturated rings. The second-order valence-corrected chi connectivity index (χ2v) is 10.4. The zero-order chi connectivity index (χ0) is 25.0. The minimum Gasteiger partial charge on any atom is -0.507 e. The van der Waals surface area contributed by atoms with Crippen molar-refractivity contribution in [2.75, 3.05) is 13.2 Å². The third-order valence-electron chi connectivity index (χ3n) is 8.69. The van der Waals surface area contributed by atoms with Crippen LogP contribution in [0.2, 0.25) is 0 Å². The molecule has 4 saturated heterocycles. The number of phenols is 1. The molecule has 12 heteroatoms. The molecule has 192 valence electrons. The van der Waals surface area contributed by atoms with Gasteiger partial charge in [-0.15, -0.1) is 0 Å². The van der Waals surface area contributed by atoms with Crippen molar-refractivity contribution in [2.45, 2.75) is 73.8 Å². The zero-order valence-corrected chi connectivity index (χ0v) is 18.8. The van der Waals surface area contributed by atoms with Gasteiger partial charge in [-0.1, -0.05) is 12.1 Å². The molecule has 3 aliphatic carbocycles. The molecule has 12 nitrogen and oxygen atoms in total. The summed E-state index contributed by atoms with van der Waals surface area (Å²) in [4.78, 5) is 12.8. The van der Waals surface area contributed by atoms with E-state index in [1.807, 2.05) is 0 Å². The van der Waals surface area contributed by atoms with E-state index in [4.69, 9.17) is 23.7 Å². The predicted molar refractivity (Wildman–Crippen MR) is 110 cm³/mol. The van der Waals surface area contributed by atoms with Crippen LogP contribution in [0.1, 0.15) is 30.1 Å². The SMILES string of the molecule is C[C@@]12C[C@@]3(O)O[C@@H](O1)[C@]1(COC(=O)c4ccccc4O)[C@H]3C[C@@]12O[C@@H]1O[C@H](CO)[C@@H](O)[C@H](O)[C@H]1O. The number of hydrogen-bond acceptors (Lipinski definition) is 12. The van der Waals surface area contributed by atoms with Gasteiger partial charge < -0.3 is 54.3 Å². The van der Waals surface area contributed by atoms with Crippen LogP contribution in [0.3, 0.4) is 0 Å². The van der Waals surface area contributed by atoms with Gasteiger partial charge in [-0.2, -0.15) is 0 Å². The molecule has 1 aromatic rings. The van der Waals surface area contributed by atoms with Crippen LogP contribution in [0.25, 0.3) is 0 Å². The Morgan fingerprint density at radius 3 is 2.60 bits per heavy atom. The third kappa shape index (κ3) is 2.74. The topological polar surface area (TPSA) is 185 Å². The van der Waals surface area contributed by atoms with Gasteiger partial charge >= 0.3 is 5.97 Å². The highest BCUT2D eigenvalue weighted by Crippen LogP contribution is 2.81. The van der Waals surface area contributed by atoms with Crippen molar-refractivity contribution in [1.29, 1.82) is 0 Å². The van der Waals surface area contributed by atoms with Crippen molar-refractivity contribution >= 4 is 5.97 Å². The fraction of sp³-hybridized carbons (Fsp3) is 0.696. The molecule has 6 N–H and O–H groups in total. The second-order valence-electron chi connectivity index (χ2n) is 10.4. The smallest absolute Gasteiger partial charge is 0.341 e. The Kier molecular flexibility index (Phi) is 4.93. The molecule has 0 spiro atoms. The lowest BCUT2D eigenvalue weighted by atomic mass is 9.41. The number of aromatic hydroxyl groups is 1. The molecule has 11 atom stereocenters. The zero-order valence-electron chi connectivity index (χ0n) is 18.8. The number of rotatable bonds is 6. The highest BCUT2D eigenvalue weighted by Gasteiger charge is 2.94. The minimum absolute atomic E-state index is 0.0362. The first-order valence-corrected chi connectivity index (χ1v) is 11.5. The molecule has 4 heterocycles. The Morgan fingerprint density at radius 2 is 1.89 bits per heavy atom. The number of phenolic OH excluding ortho intramolecular Hbond substituents is 1. The van der Waals surface area contributed by atoms with Gasteiger partial charge in [0.2, 0.25) is 0 Å². The molecule has 4 aliphatic heterocycles. The lowest BCUT2D eigenvalue weighted by molar-refractivity contribution is -0.424. The van der Waals surface area contributed by atoms with Gasteiger partial charge in [-0.3, -0.25) is 0 Å². The van der Waals surface area contributed by atoms with E-state index in [2.05, 4.69) is 0 Å². The number of para-hydroxylation sites is 1. The first kappa shape index (κ1) is 23.5. The summed E-state index contributed by atoms with van der Waals surface area (Å²) >= 11 is 0. The molecular formula is C23H28O12. The number of aliphatic hydroxyl groups is 5. The van der Waals surface area contributed by atoms with Crippen LogP contribution in [0.15, 0.2) is 24.3 Å². The van der Waals surface area contributed by atoms with Gasteiger partial charge in [-0.05, 0) is 25.5 Å². The highest BCUT2D eigenvalue weighted by molar-refractivity contribution is 5.92. The first-order valence-electron chi connectivity index (χ1n) is 11.5. The summed E-state index contributed by atoms with van der Waals surface area (Å²) < 4.78 is 29.5. The summed E-state index contributed by atoms with van der Waals surface area (Å²) in [6, 6.07) is 5.92. The fourth-order valence-electron chi connectivity index (χ4n) is 6.94. The van der Waals surface area contributed by atoms with Crippen LogP contribution in [-0.4, -0.2) is 104 Å². The second kappa shape index (κ2) is 7.34. The van der Waals surface area contributed by atoms with E-state index in [-0.39, 0.29) is 30.8 Å². The number of ether oxygens (including phenoxy) is 5. The van der Waals surface area contributed by atoms with Crippen LogP contribution < -0.4 is 0 Å². The van der Waals surface area contributed by atoms with Crippen molar-refractivity contribution in [3.8, 4) is 5.75 Å².